The molecule has 0 spiro atoms. The van der Waals surface area contributed by atoms with Crippen LogP contribution in [-0.2, 0) is 13.0 Å². The molecule has 0 saturated heterocycles. The van der Waals surface area contributed by atoms with Crippen molar-refractivity contribution in [1.29, 1.82) is 0 Å². The zero-order valence-corrected chi connectivity index (χ0v) is 20.0. The summed E-state index contributed by atoms with van der Waals surface area (Å²) in [6, 6.07) is 10.7. The molecule has 0 radical (unpaired) electrons. The van der Waals surface area contributed by atoms with Gasteiger partial charge >= 0.3 is 0 Å². The molecule has 0 aliphatic carbocycles. The number of fused-ring (bicyclic) bond motifs is 1. The third kappa shape index (κ3) is 5.64. The Bertz CT molecular complexity index is 951. The number of rotatable bonds is 6. The maximum Gasteiger partial charge on any atom is 0.191 e. The van der Waals surface area contributed by atoms with Gasteiger partial charge in [-0.15, -0.1) is 35.7 Å². The van der Waals surface area contributed by atoms with Crippen LogP contribution >= 0.6 is 35.7 Å². The van der Waals surface area contributed by atoms with Gasteiger partial charge in [-0.3, -0.25) is 4.99 Å². The number of nitrogens with one attached hydrogen (secondary N) is 2. The minimum atomic E-state index is 0. The molecular weight excluding hydrogens is 481 g/mol. The number of nitrogens with zero attached hydrogens (tertiary/aromatic N) is 3. The Labute approximate surface area is 188 Å². The van der Waals surface area contributed by atoms with Gasteiger partial charge in [0.25, 0.3) is 0 Å². The van der Waals surface area contributed by atoms with E-state index in [0.717, 1.165) is 36.8 Å². The van der Waals surface area contributed by atoms with E-state index in [2.05, 4.69) is 70.6 Å². The highest BCUT2D eigenvalue weighted by molar-refractivity contribution is 14.0. The van der Waals surface area contributed by atoms with Gasteiger partial charge in [0.05, 0.1) is 5.69 Å². The SMILES string of the molecule is CN=C(NCCc1cn2cccc(C)c2n1)NCc1ccc(C)cc1SC.I. The first kappa shape index (κ1) is 22.5. The minimum Gasteiger partial charge on any atom is -0.356 e. The molecule has 0 bridgehead atoms. The van der Waals surface area contributed by atoms with Crippen molar-refractivity contribution in [3.63, 3.8) is 0 Å². The Morgan fingerprint density at radius 1 is 1.21 bits per heavy atom. The molecule has 2 heterocycles. The van der Waals surface area contributed by atoms with Gasteiger partial charge in [0.1, 0.15) is 5.65 Å². The number of benzene rings is 1. The number of aryl methyl sites for hydroxylation is 2. The molecule has 0 amide bonds. The lowest BCUT2D eigenvalue weighted by molar-refractivity contribution is 0.782. The van der Waals surface area contributed by atoms with Crippen LogP contribution in [0.3, 0.4) is 0 Å². The zero-order chi connectivity index (χ0) is 19.2. The number of thioether (sulfide) groups is 1. The predicted molar refractivity (Wildman–Crippen MR) is 130 cm³/mol. The zero-order valence-electron chi connectivity index (χ0n) is 16.8. The van der Waals surface area contributed by atoms with Crippen molar-refractivity contribution in [2.75, 3.05) is 19.8 Å². The molecule has 2 N–H and O–H groups in total. The second-order valence-corrected chi connectivity index (χ2v) is 7.42. The van der Waals surface area contributed by atoms with E-state index in [9.17, 15) is 0 Å². The highest BCUT2D eigenvalue weighted by Crippen LogP contribution is 2.21. The average molecular weight is 509 g/mol. The molecule has 2 aromatic heterocycles. The lowest BCUT2D eigenvalue weighted by Gasteiger charge is -2.13. The van der Waals surface area contributed by atoms with E-state index >= 15 is 0 Å². The Morgan fingerprint density at radius 3 is 2.75 bits per heavy atom. The molecule has 0 saturated carbocycles. The quantitative estimate of drug-likeness (QED) is 0.227. The summed E-state index contributed by atoms with van der Waals surface area (Å²) >= 11 is 1.78. The number of aromatic nitrogens is 2. The Kier molecular flexibility index (Phi) is 8.62. The van der Waals surface area contributed by atoms with Crippen LogP contribution in [0.2, 0.25) is 0 Å². The second kappa shape index (κ2) is 10.7. The first-order chi connectivity index (χ1) is 13.1. The summed E-state index contributed by atoms with van der Waals surface area (Å²) in [4.78, 5) is 10.3. The Balaban J connectivity index is 0.00000280. The Morgan fingerprint density at radius 2 is 2.04 bits per heavy atom. The van der Waals surface area contributed by atoms with E-state index in [1.54, 1.807) is 18.8 Å². The Hall–Kier alpha value is -1.74. The average Bonchev–Trinajstić information content (AvgIpc) is 3.09. The number of aliphatic imine (C=N–C) groups is 1. The molecule has 5 nitrogen and oxygen atoms in total. The molecule has 3 rings (SSSR count). The van der Waals surface area contributed by atoms with Crippen molar-refractivity contribution in [3.8, 4) is 0 Å². The summed E-state index contributed by atoms with van der Waals surface area (Å²) in [6.07, 6.45) is 7.10. The van der Waals surface area contributed by atoms with E-state index in [1.165, 1.54) is 21.6 Å². The summed E-state index contributed by atoms with van der Waals surface area (Å²) in [5, 5.41) is 6.78. The number of hydrogen-bond acceptors (Lipinski definition) is 3. The van der Waals surface area contributed by atoms with Crippen molar-refractivity contribution in [2.45, 2.75) is 31.7 Å². The molecule has 3 aromatic rings. The van der Waals surface area contributed by atoms with Gasteiger partial charge in [-0.1, -0.05) is 18.2 Å². The van der Waals surface area contributed by atoms with Gasteiger partial charge in [0.15, 0.2) is 5.96 Å². The maximum absolute atomic E-state index is 4.72. The summed E-state index contributed by atoms with van der Waals surface area (Å²) in [6.45, 7) is 5.75. The van der Waals surface area contributed by atoms with Gasteiger partial charge < -0.3 is 15.0 Å². The molecule has 0 aliphatic rings. The van der Waals surface area contributed by atoms with Crippen LogP contribution in [0.1, 0.15) is 22.4 Å². The predicted octanol–water partition coefficient (Wildman–Crippen LogP) is 4.20. The van der Waals surface area contributed by atoms with Crippen molar-refractivity contribution in [1.82, 2.24) is 20.0 Å². The number of hydrogen-bond donors (Lipinski definition) is 2. The number of pyridine rings is 1. The van der Waals surface area contributed by atoms with E-state index in [-0.39, 0.29) is 24.0 Å². The molecule has 28 heavy (non-hydrogen) atoms. The minimum absolute atomic E-state index is 0. The third-order valence-corrected chi connectivity index (χ3v) is 5.33. The van der Waals surface area contributed by atoms with Crippen LogP contribution in [0.4, 0.5) is 0 Å². The van der Waals surface area contributed by atoms with Crippen LogP contribution < -0.4 is 10.6 Å². The van der Waals surface area contributed by atoms with Gasteiger partial charge in [-0.05, 0) is 48.9 Å². The standard InChI is InChI=1S/C21H27N5S.HI/c1-15-7-8-17(19(12-15)27-4)13-24-21(22-3)23-10-9-18-14-26-11-5-6-16(2)20(26)25-18;/h5-8,11-12,14H,9-10,13H2,1-4H3,(H2,22,23,24);1H. The normalized spacial score (nSPS) is 11.4. The maximum atomic E-state index is 4.72. The number of imidazole rings is 1. The van der Waals surface area contributed by atoms with Crippen molar-refractivity contribution < 1.29 is 0 Å². The van der Waals surface area contributed by atoms with Crippen LogP contribution in [0.15, 0.2) is 52.6 Å². The number of halogens is 1. The van der Waals surface area contributed by atoms with E-state index in [0.29, 0.717) is 0 Å². The van der Waals surface area contributed by atoms with Gasteiger partial charge in [0.2, 0.25) is 0 Å². The van der Waals surface area contributed by atoms with Crippen LogP contribution in [0.25, 0.3) is 5.65 Å². The van der Waals surface area contributed by atoms with E-state index < -0.39 is 0 Å². The summed E-state index contributed by atoms with van der Waals surface area (Å²) in [5.74, 6) is 0.808. The van der Waals surface area contributed by atoms with E-state index in [1.807, 2.05) is 12.3 Å². The van der Waals surface area contributed by atoms with Gasteiger partial charge in [-0.2, -0.15) is 0 Å². The van der Waals surface area contributed by atoms with Gasteiger partial charge in [-0.25, -0.2) is 4.98 Å². The highest BCUT2D eigenvalue weighted by atomic mass is 127. The monoisotopic (exact) mass is 509 g/mol. The molecule has 0 atom stereocenters. The van der Waals surface area contributed by atoms with Gasteiger partial charge in [0, 0.05) is 43.8 Å². The molecule has 0 fully saturated rings. The fourth-order valence-corrected chi connectivity index (χ4v) is 3.74. The lowest BCUT2D eigenvalue weighted by Crippen LogP contribution is -2.38. The van der Waals surface area contributed by atoms with Crippen LogP contribution in [0.5, 0.6) is 0 Å². The lowest BCUT2D eigenvalue weighted by atomic mass is 10.1. The van der Waals surface area contributed by atoms with Crippen molar-refractivity contribution in [3.05, 3.63) is 65.1 Å². The summed E-state index contributed by atoms with van der Waals surface area (Å²) in [5.41, 5.74) is 5.87. The second-order valence-electron chi connectivity index (χ2n) is 6.57. The smallest absolute Gasteiger partial charge is 0.191 e. The molecule has 0 aliphatic heterocycles. The van der Waals surface area contributed by atoms with E-state index in [4.69, 9.17) is 4.98 Å². The third-order valence-electron chi connectivity index (χ3n) is 4.51. The van der Waals surface area contributed by atoms with Crippen molar-refractivity contribution >= 4 is 47.3 Å². The first-order valence-corrected chi connectivity index (χ1v) is 10.3. The summed E-state index contributed by atoms with van der Waals surface area (Å²) in [7, 11) is 1.80. The molecule has 1 aromatic carbocycles. The van der Waals surface area contributed by atoms with Crippen LogP contribution in [0, 0.1) is 13.8 Å². The van der Waals surface area contributed by atoms with Crippen molar-refractivity contribution in [2.24, 2.45) is 4.99 Å². The highest BCUT2D eigenvalue weighted by Gasteiger charge is 2.06. The fraction of sp³-hybridized carbons (Fsp3) is 0.333. The largest absolute Gasteiger partial charge is 0.356 e. The summed E-state index contributed by atoms with van der Waals surface area (Å²) < 4.78 is 2.08. The molecular formula is C21H28IN5S. The topological polar surface area (TPSA) is 53.7 Å². The number of guanidine groups is 1. The van der Waals surface area contributed by atoms with Crippen LogP contribution in [-0.4, -0.2) is 35.2 Å². The molecule has 7 heteroatoms. The fourth-order valence-electron chi connectivity index (χ4n) is 3.03. The first-order valence-electron chi connectivity index (χ1n) is 9.12. The molecule has 150 valence electrons. The molecule has 0 unspecified atom stereocenters.